The number of allylic oxidation sites excluding steroid dienone is 10. The number of fused-ring (bicyclic) bond motifs is 6. The maximum Gasteiger partial charge on any atom is 0.164 e. The van der Waals surface area contributed by atoms with Gasteiger partial charge in [0.25, 0.3) is 0 Å². The first-order chi connectivity index (χ1) is 28.7. The molecule has 0 amide bonds. The Kier molecular flexibility index (Phi) is 9.21. The van der Waals surface area contributed by atoms with Crippen molar-refractivity contribution in [1.82, 2.24) is 15.0 Å². The number of aromatic nitrogens is 3. The normalized spacial score (nSPS) is 15.9. The molecule has 6 aromatic carbocycles. The summed E-state index contributed by atoms with van der Waals surface area (Å²) >= 11 is 0. The first-order valence-corrected chi connectivity index (χ1v) is 19.8. The summed E-state index contributed by atoms with van der Waals surface area (Å²) in [5.41, 5.74) is 12.7. The van der Waals surface area contributed by atoms with Crippen molar-refractivity contribution < 1.29 is 4.42 Å². The van der Waals surface area contributed by atoms with Crippen molar-refractivity contribution in [2.45, 2.75) is 12.3 Å². The maximum absolute atomic E-state index is 6.63. The second kappa shape index (κ2) is 15.2. The second-order valence-electron chi connectivity index (χ2n) is 14.7. The minimum absolute atomic E-state index is 0.256. The number of hydrogen-bond acceptors (Lipinski definition) is 4. The van der Waals surface area contributed by atoms with Crippen molar-refractivity contribution in [3.05, 3.63) is 229 Å². The van der Waals surface area contributed by atoms with Gasteiger partial charge in [0.2, 0.25) is 0 Å². The molecule has 2 heterocycles. The third-order valence-corrected chi connectivity index (χ3v) is 11.1. The van der Waals surface area contributed by atoms with Crippen LogP contribution >= 0.6 is 0 Å². The molecule has 2 aliphatic rings. The molecule has 8 aromatic rings. The van der Waals surface area contributed by atoms with Crippen LogP contribution in [0.25, 0.3) is 72.8 Å². The molecule has 0 aliphatic heterocycles. The molecule has 0 radical (unpaired) electrons. The van der Waals surface area contributed by atoms with Crippen molar-refractivity contribution in [3.8, 4) is 45.3 Å². The van der Waals surface area contributed by atoms with E-state index in [2.05, 4.69) is 158 Å². The van der Waals surface area contributed by atoms with Gasteiger partial charge in [0.15, 0.2) is 17.5 Å². The molecule has 10 rings (SSSR count). The zero-order valence-corrected chi connectivity index (χ0v) is 31.9. The predicted octanol–water partition coefficient (Wildman–Crippen LogP) is 13.6. The third-order valence-electron chi connectivity index (χ3n) is 11.1. The van der Waals surface area contributed by atoms with E-state index in [1.165, 1.54) is 22.3 Å². The number of furan rings is 1. The fourth-order valence-corrected chi connectivity index (χ4v) is 8.26. The average molecular weight is 746 g/mol. The summed E-state index contributed by atoms with van der Waals surface area (Å²) < 4.78 is 6.63. The summed E-state index contributed by atoms with van der Waals surface area (Å²) in [4.78, 5) is 15.6. The van der Waals surface area contributed by atoms with Crippen LogP contribution in [0.5, 0.6) is 0 Å². The Morgan fingerprint density at radius 1 is 0.552 bits per heavy atom. The Hall–Kier alpha value is -7.43. The number of hydrogen-bond donors (Lipinski definition) is 0. The topological polar surface area (TPSA) is 51.8 Å². The summed E-state index contributed by atoms with van der Waals surface area (Å²) in [6.45, 7) is 3.72. The number of para-hydroxylation sites is 1. The van der Waals surface area contributed by atoms with Crippen molar-refractivity contribution in [2.24, 2.45) is 5.92 Å². The predicted molar refractivity (Wildman–Crippen MR) is 239 cm³/mol. The van der Waals surface area contributed by atoms with Crippen LogP contribution in [0.15, 0.2) is 211 Å². The SMILES string of the molecule is C=C/C=C\C=C/Cc1ccc(-c2ccc(-c3nc(-c4ccccc4)nc(-c4cc(C5=CC6C=CC=CC6c6ccccc65)cc5oc6ccccc6c45)n3)cc2)cc1. The van der Waals surface area contributed by atoms with Gasteiger partial charge in [-0.15, -0.1) is 0 Å². The number of benzene rings is 6. The number of nitrogens with zero attached hydrogens (tertiary/aromatic N) is 3. The highest BCUT2D eigenvalue weighted by atomic mass is 16.3. The third kappa shape index (κ3) is 6.65. The molecule has 2 atom stereocenters. The quantitative estimate of drug-likeness (QED) is 0.138. The van der Waals surface area contributed by atoms with Crippen LogP contribution in [0.3, 0.4) is 0 Å². The fourth-order valence-electron chi connectivity index (χ4n) is 8.26. The number of rotatable bonds is 9. The van der Waals surface area contributed by atoms with Crippen LogP contribution < -0.4 is 0 Å². The molecular weight excluding hydrogens is 707 g/mol. The highest BCUT2D eigenvalue weighted by Crippen LogP contribution is 2.46. The molecule has 0 saturated heterocycles. The molecule has 2 aromatic heterocycles. The molecule has 0 N–H and O–H groups in total. The van der Waals surface area contributed by atoms with Crippen molar-refractivity contribution in [3.63, 3.8) is 0 Å². The molecule has 0 fully saturated rings. The molecule has 0 saturated carbocycles. The largest absolute Gasteiger partial charge is 0.456 e. The van der Waals surface area contributed by atoms with E-state index in [1.54, 1.807) is 6.08 Å². The van der Waals surface area contributed by atoms with Gasteiger partial charge in [0.05, 0.1) is 0 Å². The lowest BCUT2D eigenvalue weighted by Gasteiger charge is -2.31. The van der Waals surface area contributed by atoms with Crippen LogP contribution in [0, 0.1) is 5.92 Å². The smallest absolute Gasteiger partial charge is 0.164 e. The lowest BCUT2D eigenvalue weighted by Crippen LogP contribution is -2.16. The first-order valence-electron chi connectivity index (χ1n) is 19.8. The Bertz CT molecular complexity index is 2980. The van der Waals surface area contributed by atoms with Gasteiger partial charge in [-0.25, -0.2) is 15.0 Å². The van der Waals surface area contributed by atoms with Crippen molar-refractivity contribution in [1.29, 1.82) is 0 Å². The molecular formula is C54H39N3O. The Morgan fingerprint density at radius 3 is 2.03 bits per heavy atom. The summed E-state index contributed by atoms with van der Waals surface area (Å²) in [6.07, 6.45) is 22.1. The van der Waals surface area contributed by atoms with E-state index >= 15 is 0 Å². The van der Waals surface area contributed by atoms with Gasteiger partial charge in [-0.2, -0.15) is 0 Å². The van der Waals surface area contributed by atoms with Gasteiger partial charge < -0.3 is 4.42 Å². The van der Waals surface area contributed by atoms with Crippen LogP contribution in [-0.2, 0) is 6.42 Å². The monoisotopic (exact) mass is 745 g/mol. The Balaban J connectivity index is 1.10. The molecule has 2 unspecified atom stereocenters. The van der Waals surface area contributed by atoms with E-state index in [0.717, 1.165) is 61.7 Å². The van der Waals surface area contributed by atoms with Gasteiger partial charge in [-0.3, -0.25) is 0 Å². The van der Waals surface area contributed by atoms with Crippen molar-refractivity contribution >= 4 is 27.5 Å². The molecule has 4 nitrogen and oxygen atoms in total. The summed E-state index contributed by atoms with van der Waals surface area (Å²) in [6, 6.07) is 48.8. The molecule has 2 aliphatic carbocycles. The van der Waals surface area contributed by atoms with E-state index in [0.29, 0.717) is 23.4 Å². The van der Waals surface area contributed by atoms with Gasteiger partial charge in [-0.1, -0.05) is 189 Å². The minimum atomic E-state index is 0.256. The second-order valence-corrected chi connectivity index (χ2v) is 14.7. The van der Waals surface area contributed by atoms with Crippen LogP contribution in [0.4, 0.5) is 0 Å². The van der Waals surface area contributed by atoms with Crippen molar-refractivity contribution in [2.75, 3.05) is 0 Å². The summed E-state index contributed by atoms with van der Waals surface area (Å²) in [7, 11) is 0. The van der Waals surface area contributed by atoms with Gasteiger partial charge in [0.1, 0.15) is 11.2 Å². The summed E-state index contributed by atoms with van der Waals surface area (Å²) in [5.74, 6) is 2.39. The molecule has 4 heteroatoms. The lowest BCUT2D eigenvalue weighted by atomic mass is 9.73. The average Bonchev–Trinajstić information content (AvgIpc) is 3.67. The standard InChI is InChI=1S/C54H39N3O/c1-2-3-4-5-7-16-36-25-27-37(28-26-36)38-29-31-40(32-30-38)53-55-52(39-17-8-6-9-18-39)56-54(57-53)48-34-42(35-50-51(48)46-23-14-15-24-49(46)58-50)47-33-41-19-10-11-20-43(41)44-21-12-13-22-45(44)47/h2-15,17-35,41,43H,1,16H2/b4-3-,7-5-. The van der Waals surface area contributed by atoms with E-state index in [9.17, 15) is 0 Å². The molecule has 0 bridgehead atoms. The van der Waals surface area contributed by atoms with E-state index in [1.807, 2.05) is 42.5 Å². The van der Waals surface area contributed by atoms with Gasteiger partial charge in [0, 0.05) is 39.3 Å². The van der Waals surface area contributed by atoms with Crippen LogP contribution in [-0.4, -0.2) is 15.0 Å². The minimum Gasteiger partial charge on any atom is -0.456 e. The van der Waals surface area contributed by atoms with E-state index in [4.69, 9.17) is 19.4 Å². The van der Waals surface area contributed by atoms with Crippen LogP contribution in [0.2, 0.25) is 0 Å². The van der Waals surface area contributed by atoms with Gasteiger partial charge >= 0.3 is 0 Å². The highest BCUT2D eigenvalue weighted by Gasteiger charge is 2.29. The lowest BCUT2D eigenvalue weighted by molar-refractivity contribution is 0.668. The van der Waals surface area contributed by atoms with E-state index < -0.39 is 0 Å². The zero-order valence-electron chi connectivity index (χ0n) is 31.9. The Morgan fingerprint density at radius 2 is 1.22 bits per heavy atom. The molecule has 58 heavy (non-hydrogen) atoms. The first kappa shape index (κ1) is 35.0. The zero-order chi connectivity index (χ0) is 38.8. The fraction of sp³-hybridized carbons (Fsp3) is 0.0556. The Labute approximate surface area is 338 Å². The van der Waals surface area contributed by atoms with Crippen LogP contribution in [0.1, 0.15) is 28.2 Å². The molecule has 0 spiro atoms. The molecule has 276 valence electrons. The van der Waals surface area contributed by atoms with Gasteiger partial charge in [-0.05, 0) is 63.6 Å². The summed E-state index contributed by atoms with van der Waals surface area (Å²) in [5, 5.41) is 2.01. The highest BCUT2D eigenvalue weighted by molar-refractivity contribution is 6.13. The maximum atomic E-state index is 6.63. The van der Waals surface area contributed by atoms with E-state index in [-0.39, 0.29) is 5.92 Å².